The number of carbonyl (C=O) groups excluding carboxylic acids is 1. The molecule has 180 valence electrons. The van der Waals surface area contributed by atoms with Crippen molar-refractivity contribution in [3.63, 3.8) is 0 Å². The second kappa shape index (κ2) is 10.00. The van der Waals surface area contributed by atoms with Crippen LogP contribution in [0.3, 0.4) is 0 Å². The first-order valence-corrected chi connectivity index (χ1v) is 11.6. The molecule has 11 heteroatoms. The molecule has 3 heterocycles. The third-order valence-electron chi connectivity index (χ3n) is 5.88. The fourth-order valence-electron chi connectivity index (χ4n) is 4.07. The molecule has 3 aromatic rings. The van der Waals surface area contributed by atoms with Gasteiger partial charge >= 0.3 is 0 Å². The van der Waals surface area contributed by atoms with E-state index in [9.17, 15) is 19.1 Å². The van der Waals surface area contributed by atoms with Gasteiger partial charge in [-0.1, -0.05) is 23.5 Å². The van der Waals surface area contributed by atoms with Crippen molar-refractivity contribution < 1.29 is 23.8 Å². The van der Waals surface area contributed by atoms with Crippen LogP contribution >= 0.6 is 11.3 Å². The lowest BCUT2D eigenvalue weighted by atomic mass is 10.0. The molecule has 1 aliphatic heterocycles. The Balaban J connectivity index is 1.77. The summed E-state index contributed by atoms with van der Waals surface area (Å²) in [6.07, 6.45) is 1.53. The zero-order valence-electron chi connectivity index (χ0n) is 19.0. The maximum atomic E-state index is 13.2. The molecule has 0 spiro atoms. The number of fused-ring (bicyclic) bond motifs is 1. The van der Waals surface area contributed by atoms with E-state index < -0.39 is 29.2 Å². The third-order valence-corrected chi connectivity index (χ3v) is 6.83. The van der Waals surface area contributed by atoms with Crippen LogP contribution in [0.15, 0.2) is 35.3 Å². The number of aromatic hydroxyl groups is 1. The van der Waals surface area contributed by atoms with Gasteiger partial charge in [-0.15, -0.1) is 10.2 Å². The second-order valence-electron chi connectivity index (χ2n) is 7.92. The van der Waals surface area contributed by atoms with Crippen molar-refractivity contribution in [1.82, 2.24) is 19.7 Å². The van der Waals surface area contributed by atoms with Crippen LogP contribution < -0.4 is 5.43 Å². The van der Waals surface area contributed by atoms with Crippen molar-refractivity contribution in [3.05, 3.63) is 62.8 Å². The average Bonchev–Trinajstić information content (AvgIpc) is 3.29. The number of aromatic nitrogens is 3. The van der Waals surface area contributed by atoms with E-state index in [1.165, 1.54) is 29.7 Å². The SMILES string of the molecule is CCN1C[C@@H]([C@H](COC)OC)n2cc(-c3nnc(Cc4ccc(F)cc4)s3)c(=O)c(O)c2C1=O. The van der Waals surface area contributed by atoms with Gasteiger partial charge in [0.15, 0.2) is 16.5 Å². The summed E-state index contributed by atoms with van der Waals surface area (Å²) in [6, 6.07) is 5.66. The van der Waals surface area contributed by atoms with Crippen LogP contribution in [0.1, 0.15) is 34.0 Å². The number of nitrogens with zero attached hydrogens (tertiary/aromatic N) is 4. The molecule has 0 radical (unpaired) electrons. The predicted molar refractivity (Wildman–Crippen MR) is 124 cm³/mol. The van der Waals surface area contributed by atoms with Crippen LogP contribution in [0.25, 0.3) is 10.6 Å². The van der Waals surface area contributed by atoms with Gasteiger partial charge in [-0.3, -0.25) is 9.59 Å². The number of hydrogen-bond acceptors (Lipinski definition) is 8. The van der Waals surface area contributed by atoms with Gasteiger partial charge in [0.25, 0.3) is 5.91 Å². The summed E-state index contributed by atoms with van der Waals surface area (Å²) in [5, 5.41) is 20.1. The molecule has 0 unspecified atom stereocenters. The van der Waals surface area contributed by atoms with Gasteiger partial charge in [0.1, 0.15) is 16.9 Å². The largest absolute Gasteiger partial charge is 0.503 e. The molecular formula is C23H25FN4O5S. The molecule has 0 saturated carbocycles. The van der Waals surface area contributed by atoms with Crippen LogP contribution in [0.4, 0.5) is 4.39 Å². The summed E-state index contributed by atoms with van der Waals surface area (Å²) in [6.45, 7) is 2.83. The molecule has 1 N–H and O–H groups in total. The molecule has 1 aromatic carbocycles. The number of benzene rings is 1. The maximum Gasteiger partial charge on any atom is 0.274 e. The Morgan fingerprint density at radius 1 is 1.24 bits per heavy atom. The Kier molecular flexibility index (Phi) is 7.05. The van der Waals surface area contributed by atoms with Crippen molar-refractivity contribution in [2.45, 2.75) is 25.5 Å². The van der Waals surface area contributed by atoms with Crippen LogP contribution in [0.2, 0.25) is 0 Å². The molecule has 4 rings (SSSR count). The number of amides is 1. The molecule has 9 nitrogen and oxygen atoms in total. The van der Waals surface area contributed by atoms with Gasteiger partial charge in [-0.25, -0.2) is 4.39 Å². The molecule has 0 aliphatic carbocycles. The summed E-state index contributed by atoms with van der Waals surface area (Å²) in [5.41, 5.74) is 0.212. The molecule has 0 saturated heterocycles. The normalized spacial score (nSPS) is 16.5. The Labute approximate surface area is 199 Å². The summed E-state index contributed by atoms with van der Waals surface area (Å²) in [4.78, 5) is 27.6. The highest BCUT2D eigenvalue weighted by atomic mass is 32.1. The summed E-state index contributed by atoms with van der Waals surface area (Å²) >= 11 is 1.20. The third kappa shape index (κ3) is 4.46. The van der Waals surface area contributed by atoms with Crippen molar-refractivity contribution in [1.29, 1.82) is 0 Å². The molecular weight excluding hydrogens is 463 g/mol. The van der Waals surface area contributed by atoms with Gasteiger partial charge in [-0.2, -0.15) is 0 Å². The fourth-order valence-corrected chi connectivity index (χ4v) is 4.95. The number of likely N-dealkylation sites (N-methyl/N-ethyl adjacent to an activating group) is 1. The van der Waals surface area contributed by atoms with E-state index in [1.807, 2.05) is 6.92 Å². The fraction of sp³-hybridized carbons (Fsp3) is 0.391. The Morgan fingerprint density at radius 2 is 1.97 bits per heavy atom. The molecule has 1 amide bonds. The zero-order chi connectivity index (χ0) is 24.4. The number of pyridine rings is 1. The topological polar surface area (TPSA) is 107 Å². The lowest BCUT2D eigenvalue weighted by molar-refractivity contribution is -0.0173. The second-order valence-corrected chi connectivity index (χ2v) is 8.98. The lowest BCUT2D eigenvalue weighted by Crippen LogP contribution is -2.49. The smallest absolute Gasteiger partial charge is 0.274 e. The lowest BCUT2D eigenvalue weighted by Gasteiger charge is -2.39. The van der Waals surface area contributed by atoms with Gasteiger partial charge in [0.05, 0.1) is 18.2 Å². The van der Waals surface area contributed by atoms with Crippen molar-refractivity contribution >= 4 is 17.2 Å². The van der Waals surface area contributed by atoms with Crippen LogP contribution in [0, 0.1) is 5.82 Å². The van der Waals surface area contributed by atoms with Crippen molar-refractivity contribution in [2.24, 2.45) is 0 Å². The minimum Gasteiger partial charge on any atom is -0.503 e. The first-order chi connectivity index (χ1) is 16.4. The van der Waals surface area contributed by atoms with Gasteiger partial charge < -0.3 is 24.0 Å². The van der Waals surface area contributed by atoms with E-state index in [0.29, 0.717) is 29.5 Å². The van der Waals surface area contributed by atoms with Gasteiger partial charge in [-0.05, 0) is 24.6 Å². The van der Waals surface area contributed by atoms with E-state index in [2.05, 4.69) is 10.2 Å². The number of hydrogen-bond donors (Lipinski definition) is 1. The molecule has 1 aliphatic rings. The minimum absolute atomic E-state index is 0.0824. The first kappa shape index (κ1) is 24.0. The molecule has 2 atom stereocenters. The monoisotopic (exact) mass is 488 g/mol. The number of carbonyl (C=O) groups is 1. The van der Waals surface area contributed by atoms with E-state index >= 15 is 0 Å². The number of rotatable bonds is 8. The van der Waals surface area contributed by atoms with E-state index in [0.717, 1.165) is 5.56 Å². The van der Waals surface area contributed by atoms with Gasteiger partial charge in [0, 0.05) is 39.9 Å². The Morgan fingerprint density at radius 3 is 2.62 bits per heavy atom. The standard InChI is InChI=1S/C23H25FN4O5S/c1-4-27-11-16(17(33-3)12-32-2)28-10-15(20(29)21(30)19(28)23(27)31)22-26-25-18(34-22)9-13-5-7-14(24)8-6-13/h5-8,10,16-17,30H,4,9,11-12H2,1-3H3/t16-,17-/m0/s1. The molecule has 0 fully saturated rings. The Hall–Kier alpha value is -3.15. The first-order valence-electron chi connectivity index (χ1n) is 10.7. The number of methoxy groups -OCH3 is 2. The van der Waals surface area contributed by atoms with Crippen LogP contribution in [0.5, 0.6) is 5.75 Å². The summed E-state index contributed by atoms with van der Waals surface area (Å²) in [5.74, 6) is -1.39. The average molecular weight is 489 g/mol. The zero-order valence-corrected chi connectivity index (χ0v) is 19.8. The van der Waals surface area contributed by atoms with Gasteiger partial charge in [0.2, 0.25) is 5.43 Å². The summed E-state index contributed by atoms with van der Waals surface area (Å²) < 4.78 is 25.7. The highest BCUT2D eigenvalue weighted by Crippen LogP contribution is 2.32. The molecule has 34 heavy (non-hydrogen) atoms. The van der Waals surface area contributed by atoms with Crippen molar-refractivity contribution in [2.75, 3.05) is 33.9 Å². The number of ether oxygens (including phenoxy) is 2. The predicted octanol–water partition coefficient (Wildman–Crippen LogP) is 2.48. The van der Waals surface area contributed by atoms with Crippen molar-refractivity contribution in [3.8, 4) is 16.3 Å². The van der Waals surface area contributed by atoms with Crippen LogP contribution in [-0.2, 0) is 15.9 Å². The van der Waals surface area contributed by atoms with E-state index in [-0.39, 0.29) is 23.7 Å². The molecule has 2 aromatic heterocycles. The molecule has 0 bridgehead atoms. The quantitative estimate of drug-likeness (QED) is 0.519. The van der Waals surface area contributed by atoms with E-state index in [4.69, 9.17) is 9.47 Å². The highest BCUT2D eigenvalue weighted by molar-refractivity contribution is 7.14. The summed E-state index contributed by atoms with van der Waals surface area (Å²) in [7, 11) is 3.10. The Bertz CT molecular complexity index is 1240. The van der Waals surface area contributed by atoms with Crippen LogP contribution in [-0.4, -0.2) is 70.7 Å². The maximum absolute atomic E-state index is 13.2. The number of halogens is 1. The van der Waals surface area contributed by atoms with E-state index in [1.54, 1.807) is 35.8 Å². The highest BCUT2D eigenvalue weighted by Gasteiger charge is 2.38. The minimum atomic E-state index is -0.693.